The second-order valence-electron chi connectivity index (χ2n) is 12.9. The lowest BCUT2D eigenvalue weighted by atomic mass is 9.99. The fraction of sp³-hybridized carbons (Fsp3) is 0.0952. The number of fused-ring (bicyclic) bond motifs is 2. The van der Waals surface area contributed by atoms with Gasteiger partial charge in [-0.3, -0.25) is 9.59 Å². The number of aromatic hydroxyl groups is 2. The van der Waals surface area contributed by atoms with Gasteiger partial charge in [-0.2, -0.15) is 10.5 Å². The Balaban J connectivity index is 1.03. The highest BCUT2D eigenvalue weighted by Crippen LogP contribution is 2.46. The molecule has 3 heterocycles. The Hall–Kier alpha value is -7.95. The number of hydrogen-bond acceptors (Lipinski definition) is 14. The number of aromatic nitrogens is 2. The van der Waals surface area contributed by atoms with Crippen molar-refractivity contribution in [1.29, 1.82) is 10.5 Å². The molecule has 0 fully saturated rings. The summed E-state index contributed by atoms with van der Waals surface area (Å²) >= 11 is 1.45. The van der Waals surface area contributed by atoms with E-state index in [0.717, 1.165) is 21.2 Å². The number of ether oxygens (including phenoxy) is 2. The molecule has 1 aliphatic rings. The molecule has 1 aliphatic heterocycles. The smallest absolute Gasteiger partial charge is 0.230 e. The van der Waals surface area contributed by atoms with E-state index in [9.17, 15) is 30.3 Å². The monoisotopic (exact) mass is 791 g/mol. The molecule has 7 rings (SSSR count). The van der Waals surface area contributed by atoms with Crippen LogP contribution in [-0.4, -0.2) is 46.2 Å². The Morgan fingerprint density at radius 1 is 0.690 bits per heavy atom. The topological polar surface area (TPSA) is 255 Å². The first-order chi connectivity index (χ1) is 28.0. The molecule has 0 saturated carbocycles. The number of nitrogen functional groups attached to an aromatic ring is 2. The van der Waals surface area contributed by atoms with Crippen molar-refractivity contribution in [3.8, 4) is 57.4 Å². The van der Waals surface area contributed by atoms with Gasteiger partial charge in [-0.25, -0.2) is 9.97 Å². The number of anilines is 6. The molecule has 16 heteroatoms. The fourth-order valence-electron chi connectivity index (χ4n) is 6.40. The molecule has 0 unspecified atom stereocenters. The van der Waals surface area contributed by atoms with Gasteiger partial charge in [0.1, 0.15) is 34.9 Å². The lowest BCUT2D eigenvalue weighted by molar-refractivity contribution is -0.116. The second-order valence-corrected chi connectivity index (χ2v) is 14.0. The van der Waals surface area contributed by atoms with Crippen molar-refractivity contribution in [3.63, 3.8) is 0 Å². The summed E-state index contributed by atoms with van der Waals surface area (Å²) in [4.78, 5) is 36.7. The number of benzene rings is 4. The first-order valence-corrected chi connectivity index (χ1v) is 18.2. The Bertz CT molecular complexity index is 2560. The van der Waals surface area contributed by atoms with E-state index in [1.54, 1.807) is 48.5 Å². The lowest BCUT2D eigenvalue weighted by Gasteiger charge is -2.22. The maximum absolute atomic E-state index is 13.2. The number of nitrogens with zero attached hydrogens (tertiary/aromatic N) is 4. The van der Waals surface area contributed by atoms with Crippen LogP contribution < -0.4 is 36.9 Å². The predicted molar refractivity (Wildman–Crippen MR) is 219 cm³/mol. The summed E-state index contributed by atoms with van der Waals surface area (Å²) in [6.45, 7) is 0. The number of hydrogen-bond donors (Lipinski definition) is 7. The van der Waals surface area contributed by atoms with Crippen molar-refractivity contribution in [2.24, 2.45) is 0 Å². The molecular weight excluding hydrogens is 759 g/mol. The Kier molecular flexibility index (Phi) is 10.6. The predicted octanol–water partition coefficient (Wildman–Crippen LogP) is 6.72. The minimum absolute atomic E-state index is 0.0417. The van der Waals surface area contributed by atoms with E-state index < -0.39 is 0 Å². The van der Waals surface area contributed by atoms with Gasteiger partial charge in [0.15, 0.2) is 23.0 Å². The van der Waals surface area contributed by atoms with Crippen LogP contribution >= 0.6 is 11.8 Å². The van der Waals surface area contributed by atoms with Gasteiger partial charge in [-0.15, -0.1) is 0 Å². The van der Waals surface area contributed by atoms with Gasteiger partial charge in [0.2, 0.25) is 11.8 Å². The SMILES string of the molecule is COc1ccc(-c2cc(CC(=O)Nc3ccc4c(c3)Sc3cc(NC(=O)Cc5cc(-c6ccc(OC)c(O)c6)c(C#N)c(N)n5)ccc3N4)nc(N)c2C#N)cc1O. The van der Waals surface area contributed by atoms with Gasteiger partial charge in [0, 0.05) is 32.3 Å². The molecular formula is C42H33N9O6S. The number of pyridine rings is 2. The molecule has 15 nitrogen and oxygen atoms in total. The van der Waals surface area contributed by atoms with Gasteiger partial charge >= 0.3 is 0 Å². The highest BCUT2D eigenvalue weighted by Gasteiger charge is 2.21. The third kappa shape index (κ3) is 7.90. The zero-order valence-electron chi connectivity index (χ0n) is 30.9. The van der Waals surface area contributed by atoms with Gasteiger partial charge in [0.05, 0.1) is 49.8 Å². The first-order valence-electron chi connectivity index (χ1n) is 17.4. The number of phenols is 2. The molecule has 4 aromatic carbocycles. The summed E-state index contributed by atoms with van der Waals surface area (Å²) in [5, 5.41) is 49.3. The van der Waals surface area contributed by atoms with Crippen LogP contribution in [0, 0.1) is 22.7 Å². The van der Waals surface area contributed by atoms with Gasteiger partial charge in [-0.1, -0.05) is 23.9 Å². The fourth-order valence-corrected chi connectivity index (χ4v) is 7.47. The van der Waals surface area contributed by atoms with Gasteiger partial charge in [0.25, 0.3) is 0 Å². The molecule has 0 aliphatic carbocycles. The van der Waals surface area contributed by atoms with E-state index >= 15 is 0 Å². The van der Waals surface area contributed by atoms with E-state index in [2.05, 4.69) is 38.1 Å². The molecule has 6 aromatic rings. The third-order valence-electron chi connectivity index (χ3n) is 9.11. The number of nitrogens with two attached hydrogens (primary N) is 2. The minimum Gasteiger partial charge on any atom is -0.504 e. The van der Waals surface area contributed by atoms with E-state index in [1.165, 1.54) is 38.1 Å². The maximum Gasteiger partial charge on any atom is 0.230 e. The lowest BCUT2D eigenvalue weighted by Crippen LogP contribution is -2.16. The molecule has 9 N–H and O–H groups in total. The minimum atomic E-state index is -0.368. The molecule has 0 spiro atoms. The van der Waals surface area contributed by atoms with Crippen molar-refractivity contribution in [3.05, 3.63) is 107 Å². The van der Waals surface area contributed by atoms with Crippen LogP contribution in [0.1, 0.15) is 22.5 Å². The number of amides is 2. The molecule has 58 heavy (non-hydrogen) atoms. The van der Waals surface area contributed by atoms with Crippen molar-refractivity contribution in [2.75, 3.05) is 41.6 Å². The molecule has 0 saturated heterocycles. The van der Waals surface area contributed by atoms with E-state index in [4.69, 9.17) is 20.9 Å². The average Bonchev–Trinajstić information content (AvgIpc) is 3.19. The van der Waals surface area contributed by atoms with Crippen molar-refractivity contribution >= 4 is 58.0 Å². The maximum atomic E-state index is 13.2. The van der Waals surface area contributed by atoms with Crippen LogP contribution in [0.4, 0.5) is 34.4 Å². The molecule has 0 atom stereocenters. The van der Waals surface area contributed by atoms with Crippen LogP contribution in [0.25, 0.3) is 22.3 Å². The van der Waals surface area contributed by atoms with E-state index in [1.807, 2.05) is 24.3 Å². The van der Waals surface area contributed by atoms with Crippen LogP contribution in [-0.2, 0) is 22.4 Å². The van der Waals surface area contributed by atoms with E-state index in [-0.39, 0.29) is 70.4 Å². The number of nitrogens with one attached hydrogen (secondary N) is 3. The summed E-state index contributed by atoms with van der Waals surface area (Å²) in [6.07, 6.45) is -0.285. The molecule has 0 bridgehead atoms. The van der Waals surface area contributed by atoms with Crippen molar-refractivity contribution < 1.29 is 29.3 Å². The highest BCUT2D eigenvalue weighted by atomic mass is 32.2. The van der Waals surface area contributed by atoms with Crippen molar-refractivity contribution in [2.45, 2.75) is 22.6 Å². The standard InChI is InChI=1S/C42H33N9O6S/c1-56-35-9-3-21(11-33(35)52)27-13-25(49-41(45)29(27)19-43)17-39(54)47-23-5-7-31-37(15-23)58-38-16-24(6-8-32(38)51-31)48-40(55)18-26-14-28(30(20-44)42(46)50-26)22-4-10-36(57-2)34(53)12-22/h3-16,51-53H,17-18H2,1-2H3,(H2,45,49)(H2,46,50)(H,47,54)(H,48,55). The van der Waals surface area contributed by atoms with E-state index in [0.29, 0.717) is 45.0 Å². The van der Waals surface area contributed by atoms with Crippen LogP contribution in [0.5, 0.6) is 23.0 Å². The first kappa shape index (κ1) is 38.3. The zero-order chi connectivity index (χ0) is 41.1. The second kappa shape index (κ2) is 16.0. The summed E-state index contributed by atoms with van der Waals surface area (Å²) in [5.41, 5.74) is 17.7. The molecule has 0 radical (unpaired) electrons. The zero-order valence-corrected chi connectivity index (χ0v) is 31.7. The Labute approximate surface area is 335 Å². The average molecular weight is 792 g/mol. The number of rotatable bonds is 10. The Morgan fingerprint density at radius 2 is 1.12 bits per heavy atom. The summed E-state index contributed by atoms with van der Waals surface area (Å²) in [5.74, 6) is -0.521. The van der Waals surface area contributed by atoms with Crippen LogP contribution in [0.3, 0.4) is 0 Å². The quantitative estimate of drug-likeness (QED) is 0.0760. The molecule has 288 valence electrons. The normalized spacial score (nSPS) is 11.2. The number of nitriles is 2. The van der Waals surface area contributed by atoms with Crippen molar-refractivity contribution in [1.82, 2.24) is 9.97 Å². The Morgan fingerprint density at radius 3 is 1.50 bits per heavy atom. The number of carbonyl (C=O) groups excluding carboxylic acids is 2. The number of carbonyl (C=O) groups is 2. The van der Waals surface area contributed by atoms with Gasteiger partial charge < -0.3 is 47.1 Å². The number of phenolic OH excluding ortho intramolecular Hbond substituents is 2. The highest BCUT2D eigenvalue weighted by molar-refractivity contribution is 7.99. The van der Waals surface area contributed by atoms with Crippen LogP contribution in [0.2, 0.25) is 0 Å². The number of methoxy groups -OCH3 is 2. The summed E-state index contributed by atoms with van der Waals surface area (Å²) in [6, 6.07) is 27.5. The molecule has 2 aromatic heterocycles. The third-order valence-corrected chi connectivity index (χ3v) is 10.2. The summed E-state index contributed by atoms with van der Waals surface area (Å²) < 4.78 is 10.2. The van der Waals surface area contributed by atoms with Gasteiger partial charge in [-0.05, 0) is 83.9 Å². The molecule has 2 amide bonds. The largest absolute Gasteiger partial charge is 0.504 e. The summed E-state index contributed by atoms with van der Waals surface area (Å²) in [7, 11) is 2.86. The van der Waals surface area contributed by atoms with Crippen LogP contribution in [0.15, 0.2) is 94.7 Å².